The lowest BCUT2D eigenvalue weighted by Crippen LogP contribution is -2.50. The molecule has 2 rings (SSSR count). The van der Waals surface area contributed by atoms with Crippen LogP contribution in [0.2, 0.25) is 0 Å². The summed E-state index contributed by atoms with van der Waals surface area (Å²) in [5.41, 5.74) is 0. The lowest BCUT2D eigenvalue weighted by molar-refractivity contribution is -0.0741. The van der Waals surface area contributed by atoms with Gasteiger partial charge in [-0.3, -0.25) is 4.90 Å². The van der Waals surface area contributed by atoms with Crippen molar-refractivity contribution in [3.05, 3.63) is 0 Å². The van der Waals surface area contributed by atoms with E-state index in [1.54, 1.807) is 0 Å². The summed E-state index contributed by atoms with van der Waals surface area (Å²) in [6, 6.07) is 0.717. The van der Waals surface area contributed by atoms with Crippen molar-refractivity contribution in [1.82, 2.24) is 10.2 Å². The van der Waals surface area contributed by atoms with E-state index < -0.39 is 0 Å². The third-order valence-corrected chi connectivity index (χ3v) is 4.60. The third kappa shape index (κ3) is 3.69. The summed E-state index contributed by atoms with van der Waals surface area (Å²) in [6.45, 7) is 10.2. The predicted octanol–water partition coefficient (Wildman–Crippen LogP) is 2.12. The van der Waals surface area contributed by atoms with Crippen LogP contribution in [-0.2, 0) is 4.74 Å². The van der Waals surface area contributed by atoms with E-state index >= 15 is 0 Å². The van der Waals surface area contributed by atoms with Gasteiger partial charge in [0.25, 0.3) is 0 Å². The molecule has 5 atom stereocenters. The summed E-state index contributed by atoms with van der Waals surface area (Å²) in [5.74, 6) is 1.71. The Labute approximate surface area is 112 Å². The number of hydrogen-bond acceptors (Lipinski definition) is 3. The molecule has 106 valence electrons. The van der Waals surface area contributed by atoms with Crippen LogP contribution in [0, 0.1) is 11.8 Å². The van der Waals surface area contributed by atoms with Crippen LogP contribution < -0.4 is 5.32 Å². The molecule has 0 amide bonds. The minimum atomic E-state index is 0.391. The Morgan fingerprint density at radius 1 is 1.11 bits per heavy atom. The van der Waals surface area contributed by atoms with Gasteiger partial charge in [-0.05, 0) is 52.0 Å². The second kappa shape index (κ2) is 6.36. The maximum absolute atomic E-state index is 5.82. The van der Waals surface area contributed by atoms with Crippen LogP contribution in [0.25, 0.3) is 0 Å². The normalized spacial score (nSPS) is 43.0. The minimum absolute atomic E-state index is 0.391. The number of ether oxygens (including phenoxy) is 1. The summed E-state index contributed by atoms with van der Waals surface area (Å²) in [5, 5.41) is 3.53. The van der Waals surface area contributed by atoms with Crippen molar-refractivity contribution in [2.24, 2.45) is 11.8 Å². The highest BCUT2D eigenvalue weighted by molar-refractivity contribution is 4.86. The van der Waals surface area contributed by atoms with Gasteiger partial charge in [0.2, 0.25) is 0 Å². The van der Waals surface area contributed by atoms with Crippen LogP contribution in [-0.4, -0.2) is 49.8 Å². The van der Waals surface area contributed by atoms with Crippen molar-refractivity contribution in [2.75, 3.05) is 26.7 Å². The van der Waals surface area contributed by atoms with Gasteiger partial charge < -0.3 is 10.1 Å². The van der Waals surface area contributed by atoms with Crippen LogP contribution in [0.3, 0.4) is 0 Å². The van der Waals surface area contributed by atoms with Crippen molar-refractivity contribution >= 4 is 0 Å². The Kier molecular flexibility index (Phi) is 5.05. The number of hydrogen-bond donors (Lipinski definition) is 1. The summed E-state index contributed by atoms with van der Waals surface area (Å²) in [4.78, 5) is 2.62. The molecule has 0 bridgehead atoms. The summed E-state index contributed by atoms with van der Waals surface area (Å²) in [7, 11) is 2.12. The smallest absolute Gasteiger partial charge is 0.0678 e. The maximum Gasteiger partial charge on any atom is 0.0678 e. The molecule has 1 heterocycles. The first kappa shape index (κ1) is 14.3. The fourth-order valence-electron chi connectivity index (χ4n) is 3.85. The number of rotatable bonds is 3. The maximum atomic E-state index is 5.82. The largest absolute Gasteiger partial charge is 0.373 e. The van der Waals surface area contributed by atoms with Crippen molar-refractivity contribution in [1.29, 1.82) is 0 Å². The zero-order valence-electron chi connectivity index (χ0n) is 12.5. The Balaban J connectivity index is 1.89. The second-order valence-corrected chi connectivity index (χ2v) is 6.55. The van der Waals surface area contributed by atoms with E-state index in [1.807, 2.05) is 0 Å². The van der Waals surface area contributed by atoms with Crippen LogP contribution in [0.5, 0.6) is 0 Å². The molecule has 0 aromatic rings. The molecule has 1 aliphatic carbocycles. The van der Waals surface area contributed by atoms with Crippen LogP contribution >= 0.6 is 0 Å². The van der Waals surface area contributed by atoms with Gasteiger partial charge in [-0.25, -0.2) is 0 Å². The molecule has 0 aromatic heterocycles. The topological polar surface area (TPSA) is 24.5 Å². The molecule has 18 heavy (non-hydrogen) atoms. The zero-order chi connectivity index (χ0) is 13.1. The van der Waals surface area contributed by atoms with Crippen LogP contribution in [0.4, 0.5) is 0 Å². The average Bonchev–Trinajstić information content (AvgIpc) is 2.27. The van der Waals surface area contributed by atoms with Gasteiger partial charge in [0.1, 0.15) is 0 Å². The lowest BCUT2D eigenvalue weighted by atomic mass is 9.78. The monoisotopic (exact) mass is 254 g/mol. The number of nitrogens with one attached hydrogen (secondary N) is 1. The molecule has 0 aromatic carbocycles. The first-order chi connectivity index (χ1) is 8.58. The highest BCUT2D eigenvalue weighted by atomic mass is 16.5. The van der Waals surface area contributed by atoms with E-state index in [0.717, 1.165) is 31.0 Å². The molecule has 1 saturated carbocycles. The Bertz CT molecular complexity index is 249. The molecule has 3 heteroatoms. The highest BCUT2D eigenvalue weighted by Gasteiger charge is 2.31. The van der Waals surface area contributed by atoms with Crippen molar-refractivity contribution in [3.63, 3.8) is 0 Å². The van der Waals surface area contributed by atoms with Gasteiger partial charge in [-0.2, -0.15) is 0 Å². The molecule has 1 N–H and O–H groups in total. The van der Waals surface area contributed by atoms with E-state index in [-0.39, 0.29) is 0 Å². The van der Waals surface area contributed by atoms with Gasteiger partial charge in [0.05, 0.1) is 12.2 Å². The number of morpholine rings is 1. The molecule has 2 fully saturated rings. The molecule has 0 radical (unpaired) electrons. The second-order valence-electron chi connectivity index (χ2n) is 6.55. The average molecular weight is 254 g/mol. The van der Waals surface area contributed by atoms with E-state index in [4.69, 9.17) is 4.74 Å². The Morgan fingerprint density at radius 2 is 1.78 bits per heavy atom. The Hall–Kier alpha value is -0.120. The van der Waals surface area contributed by atoms with Crippen LogP contribution in [0.15, 0.2) is 0 Å². The van der Waals surface area contributed by atoms with Gasteiger partial charge >= 0.3 is 0 Å². The molecule has 1 saturated heterocycles. The van der Waals surface area contributed by atoms with Crippen LogP contribution in [0.1, 0.15) is 40.0 Å². The first-order valence-corrected chi connectivity index (χ1v) is 7.63. The molecule has 2 aliphatic rings. The summed E-state index contributed by atoms with van der Waals surface area (Å²) < 4.78 is 5.82. The molecule has 3 nitrogen and oxygen atoms in total. The SMILES string of the molecule is CNC1CCC(C)CC1CN1CC(C)OC(C)C1. The zero-order valence-corrected chi connectivity index (χ0v) is 12.5. The fourth-order valence-corrected chi connectivity index (χ4v) is 3.85. The van der Waals surface area contributed by atoms with Crippen molar-refractivity contribution in [3.8, 4) is 0 Å². The molecule has 1 aliphatic heterocycles. The third-order valence-electron chi connectivity index (χ3n) is 4.60. The van der Waals surface area contributed by atoms with Gasteiger partial charge in [-0.15, -0.1) is 0 Å². The van der Waals surface area contributed by atoms with Crippen molar-refractivity contribution in [2.45, 2.75) is 58.3 Å². The fraction of sp³-hybridized carbons (Fsp3) is 1.00. The minimum Gasteiger partial charge on any atom is -0.373 e. The van der Waals surface area contributed by atoms with Crippen molar-refractivity contribution < 1.29 is 4.74 Å². The van der Waals surface area contributed by atoms with E-state index in [2.05, 4.69) is 38.0 Å². The van der Waals surface area contributed by atoms with Gasteiger partial charge in [0.15, 0.2) is 0 Å². The van der Waals surface area contributed by atoms with E-state index in [9.17, 15) is 0 Å². The first-order valence-electron chi connectivity index (χ1n) is 7.63. The number of nitrogens with zero attached hydrogens (tertiary/aromatic N) is 1. The predicted molar refractivity (Wildman–Crippen MR) is 75.8 cm³/mol. The molecule has 5 unspecified atom stereocenters. The highest BCUT2D eigenvalue weighted by Crippen LogP contribution is 2.30. The molecule has 0 spiro atoms. The van der Waals surface area contributed by atoms with E-state index in [0.29, 0.717) is 12.2 Å². The lowest BCUT2D eigenvalue weighted by Gasteiger charge is -2.41. The van der Waals surface area contributed by atoms with E-state index in [1.165, 1.54) is 25.8 Å². The quantitative estimate of drug-likeness (QED) is 0.835. The van der Waals surface area contributed by atoms with Gasteiger partial charge in [-0.1, -0.05) is 6.92 Å². The Morgan fingerprint density at radius 3 is 2.39 bits per heavy atom. The van der Waals surface area contributed by atoms with Gasteiger partial charge in [0, 0.05) is 25.7 Å². The molecular weight excluding hydrogens is 224 g/mol. The molecular formula is C15H30N2O. The summed E-state index contributed by atoms with van der Waals surface area (Å²) in [6.07, 6.45) is 4.90. The summed E-state index contributed by atoms with van der Waals surface area (Å²) >= 11 is 0. The standard InChI is InChI=1S/C15H30N2O/c1-11-5-6-15(16-4)14(7-11)10-17-8-12(2)18-13(3)9-17/h11-16H,5-10H2,1-4H3.